The maximum atomic E-state index is 12.5. The van der Waals surface area contributed by atoms with Crippen LogP contribution in [0.25, 0.3) is 0 Å². The summed E-state index contributed by atoms with van der Waals surface area (Å²) in [6.45, 7) is 0.814. The van der Waals surface area contributed by atoms with Gasteiger partial charge in [-0.05, 0) is 48.7 Å². The number of rotatable bonds is 8. The number of aromatic nitrogens is 1. The van der Waals surface area contributed by atoms with Crippen LogP contribution >= 0.6 is 11.6 Å². The first-order valence-electron chi connectivity index (χ1n) is 9.04. The number of aryl methyl sites for hydroxylation is 1. The topological polar surface area (TPSA) is 63.2 Å². The molecule has 0 atom stereocenters. The number of nitrogens with one attached hydrogen (secondary N) is 2. The van der Waals surface area contributed by atoms with Gasteiger partial charge in [-0.25, -0.2) is 0 Å². The molecule has 2 aromatic carbocycles. The molecule has 1 aromatic heterocycles. The summed E-state index contributed by atoms with van der Waals surface area (Å²) in [5.41, 5.74) is 3.09. The highest BCUT2D eigenvalue weighted by Gasteiger charge is 2.10. The Labute approximate surface area is 169 Å². The van der Waals surface area contributed by atoms with Gasteiger partial charge in [0.05, 0.1) is 12.1 Å². The summed E-state index contributed by atoms with van der Waals surface area (Å²) in [6.07, 6.45) is 3.62. The molecule has 0 saturated carbocycles. The van der Waals surface area contributed by atoms with E-state index in [-0.39, 0.29) is 5.91 Å². The molecule has 0 radical (unpaired) electrons. The first-order valence-corrected chi connectivity index (χ1v) is 9.42. The minimum atomic E-state index is -0.297. The van der Waals surface area contributed by atoms with E-state index in [0.29, 0.717) is 22.2 Å². The van der Waals surface area contributed by atoms with Crippen molar-refractivity contribution in [3.63, 3.8) is 0 Å². The molecule has 0 fully saturated rings. The summed E-state index contributed by atoms with van der Waals surface area (Å²) in [5.74, 6) is 0.258. The first kappa shape index (κ1) is 19.7. The first-order chi connectivity index (χ1) is 13.7. The Bertz CT molecular complexity index is 932. The number of amides is 1. The third kappa shape index (κ3) is 5.47. The van der Waals surface area contributed by atoms with Gasteiger partial charge in [-0.3, -0.25) is 9.78 Å². The predicted molar refractivity (Wildman–Crippen MR) is 113 cm³/mol. The van der Waals surface area contributed by atoms with Gasteiger partial charge in [0.25, 0.3) is 5.91 Å². The maximum Gasteiger partial charge on any atom is 0.274 e. The van der Waals surface area contributed by atoms with Gasteiger partial charge in [0, 0.05) is 24.1 Å². The molecule has 0 bridgehead atoms. The number of methoxy groups -OCH3 is 1. The zero-order valence-electron chi connectivity index (χ0n) is 15.6. The minimum absolute atomic E-state index is 0.297. The second-order valence-corrected chi connectivity index (χ2v) is 6.66. The quantitative estimate of drug-likeness (QED) is 0.524. The Kier molecular flexibility index (Phi) is 6.87. The average molecular weight is 396 g/mol. The number of anilines is 2. The molecular weight excluding hydrogens is 374 g/mol. The lowest BCUT2D eigenvalue weighted by Crippen LogP contribution is -2.14. The Hall–Kier alpha value is -3.05. The molecule has 0 saturated heterocycles. The third-order valence-corrected chi connectivity index (χ3v) is 4.51. The van der Waals surface area contributed by atoms with Crippen molar-refractivity contribution in [1.82, 2.24) is 4.98 Å². The van der Waals surface area contributed by atoms with Crippen molar-refractivity contribution in [2.24, 2.45) is 0 Å². The number of hydrogen-bond donors (Lipinski definition) is 2. The highest BCUT2D eigenvalue weighted by molar-refractivity contribution is 6.32. The molecule has 0 aliphatic carbocycles. The SMILES string of the molecule is COc1ccc(NC(=O)c2cc(NCCCc3ccccc3)ccn2)cc1Cl. The number of carbonyl (C=O) groups is 1. The largest absolute Gasteiger partial charge is 0.495 e. The lowest BCUT2D eigenvalue weighted by molar-refractivity contribution is 0.102. The van der Waals surface area contributed by atoms with E-state index in [1.165, 1.54) is 5.56 Å². The smallest absolute Gasteiger partial charge is 0.274 e. The number of halogens is 1. The molecule has 0 unspecified atom stereocenters. The molecule has 144 valence electrons. The van der Waals surface area contributed by atoms with E-state index >= 15 is 0 Å². The van der Waals surface area contributed by atoms with Crippen molar-refractivity contribution in [2.75, 3.05) is 24.3 Å². The van der Waals surface area contributed by atoms with Crippen molar-refractivity contribution in [2.45, 2.75) is 12.8 Å². The lowest BCUT2D eigenvalue weighted by Gasteiger charge is -2.10. The van der Waals surface area contributed by atoms with Gasteiger partial charge in [0.2, 0.25) is 0 Å². The van der Waals surface area contributed by atoms with Crippen LogP contribution in [0.4, 0.5) is 11.4 Å². The van der Waals surface area contributed by atoms with Crippen molar-refractivity contribution >= 4 is 28.9 Å². The normalized spacial score (nSPS) is 10.4. The molecule has 1 heterocycles. The molecule has 28 heavy (non-hydrogen) atoms. The Morgan fingerprint density at radius 2 is 1.89 bits per heavy atom. The maximum absolute atomic E-state index is 12.5. The van der Waals surface area contributed by atoms with Crippen molar-refractivity contribution < 1.29 is 9.53 Å². The summed E-state index contributed by atoms with van der Waals surface area (Å²) in [7, 11) is 1.54. The van der Waals surface area contributed by atoms with Crippen LogP contribution < -0.4 is 15.4 Å². The van der Waals surface area contributed by atoms with Crippen LogP contribution in [0.2, 0.25) is 5.02 Å². The summed E-state index contributed by atoms with van der Waals surface area (Å²) >= 11 is 6.10. The van der Waals surface area contributed by atoms with Crippen LogP contribution in [0, 0.1) is 0 Å². The molecule has 0 aliphatic heterocycles. The lowest BCUT2D eigenvalue weighted by atomic mass is 10.1. The van der Waals surface area contributed by atoms with Gasteiger partial charge in [0.15, 0.2) is 0 Å². The van der Waals surface area contributed by atoms with E-state index in [1.54, 1.807) is 37.6 Å². The number of benzene rings is 2. The van der Waals surface area contributed by atoms with Crippen LogP contribution in [0.15, 0.2) is 66.9 Å². The number of pyridine rings is 1. The van der Waals surface area contributed by atoms with E-state index in [4.69, 9.17) is 16.3 Å². The van der Waals surface area contributed by atoms with Crippen molar-refractivity contribution in [3.8, 4) is 5.75 Å². The molecule has 3 aromatic rings. The molecule has 0 spiro atoms. The second-order valence-electron chi connectivity index (χ2n) is 6.25. The summed E-state index contributed by atoms with van der Waals surface area (Å²) in [6, 6.07) is 19.0. The van der Waals surface area contributed by atoms with Crippen LogP contribution in [0.3, 0.4) is 0 Å². The molecule has 5 nitrogen and oxygen atoms in total. The van der Waals surface area contributed by atoms with Crippen LogP contribution in [0.5, 0.6) is 5.75 Å². The monoisotopic (exact) mass is 395 g/mol. The Morgan fingerprint density at radius 1 is 1.07 bits per heavy atom. The van der Waals surface area contributed by atoms with Crippen LogP contribution in [0.1, 0.15) is 22.5 Å². The van der Waals surface area contributed by atoms with Gasteiger partial charge < -0.3 is 15.4 Å². The third-order valence-electron chi connectivity index (χ3n) is 4.22. The van der Waals surface area contributed by atoms with Gasteiger partial charge in [0.1, 0.15) is 11.4 Å². The van der Waals surface area contributed by atoms with E-state index < -0.39 is 0 Å². The molecule has 3 rings (SSSR count). The fourth-order valence-corrected chi connectivity index (χ4v) is 3.03. The Morgan fingerprint density at radius 3 is 2.64 bits per heavy atom. The fourth-order valence-electron chi connectivity index (χ4n) is 2.77. The summed E-state index contributed by atoms with van der Waals surface area (Å²) in [4.78, 5) is 16.6. The molecule has 0 aliphatic rings. The zero-order chi connectivity index (χ0) is 19.8. The van der Waals surface area contributed by atoms with Crippen LogP contribution in [-0.2, 0) is 6.42 Å². The molecular formula is C22H22ClN3O2. The van der Waals surface area contributed by atoms with Gasteiger partial charge in [-0.2, -0.15) is 0 Å². The molecule has 2 N–H and O–H groups in total. The number of carbonyl (C=O) groups excluding carboxylic acids is 1. The summed E-state index contributed by atoms with van der Waals surface area (Å²) < 4.78 is 5.11. The van der Waals surface area contributed by atoms with Crippen molar-refractivity contribution in [3.05, 3.63) is 83.1 Å². The van der Waals surface area contributed by atoms with Crippen LogP contribution in [-0.4, -0.2) is 24.5 Å². The van der Waals surface area contributed by atoms with E-state index in [9.17, 15) is 4.79 Å². The van der Waals surface area contributed by atoms with Gasteiger partial charge in [-0.1, -0.05) is 41.9 Å². The highest BCUT2D eigenvalue weighted by Crippen LogP contribution is 2.27. The van der Waals surface area contributed by atoms with E-state index in [2.05, 4.69) is 27.8 Å². The average Bonchev–Trinajstić information content (AvgIpc) is 2.72. The molecule has 1 amide bonds. The fraction of sp³-hybridized carbons (Fsp3) is 0.182. The van der Waals surface area contributed by atoms with Gasteiger partial charge in [-0.15, -0.1) is 0 Å². The van der Waals surface area contributed by atoms with E-state index in [1.807, 2.05) is 24.3 Å². The summed E-state index contributed by atoms with van der Waals surface area (Å²) in [5, 5.41) is 6.57. The minimum Gasteiger partial charge on any atom is -0.495 e. The Balaban J connectivity index is 1.54. The number of ether oxygens (including phenoxy) is 1. The zero-order valence-corrected chi connectivity index (χ0v) is 16.4. The van der Waals surface area contributed by atoms with Crippen molar-refractivity contribution in [1.29, 1.82) is 0 Å². The second kappa shape index (κ2) is 9.76. The van der Waals surface area contributed by atoms with E-state index in [0.717, 1.165) is 25.1 Å². The standard InChI is InChI=1S/C22H22ClN3O2/c1-28-21-10-9-18(14-19(21)23)26-22(27)20-15-17(11-13-25-20)24-12-5-8-16-6-3-2-4-7-16/h2-4,6-7,9-11,13-15H,5,8,12H2,1H3,(H,24,25)(H,26,27). The molecule has 6 heteroatoms. The number of nitrogens with zero attached hydrogens (tertiary/aromatic N) is 1. The van der Waals surface area contributed by atoms with Gasteiger partial charge >= 0.3 is 0 Å². The predicted octanol–water partition coefficient (Wildman–Crippen LogP) is 5.04. The highest BCUT2D eigenvalue weighted by atomic mass is 35.5. The number of hydrogen-bond acceptors (Lipinski definition) is 4.